The lowest BCUT2D eigenvalue weighted by Crippen LogP contribution is -2.05. The van der Waals surface area contributed by atoms with Gasteiger partial charge in [-0.1, -0.05) is 103 Å². The van der Waals surface area contributed by atoms with E-state index in [9.17, 15) is 0 Å². The van der Waals surface area contributed by atoms with E-state index in [4.69, 9.17) is 18.9 Å². The molecule has 0 N–H and O–H groups in total. The van der Waals surface area contributed by atoms with Gasteiger partial charge in [-0.15, -0.1) is 0 Å². The third-order valence-corrected chi connectivity index (χ3v) is 8.00. The average molecular weight is 555 g/mol. The molecular formula is C38H34O4. The predicted octanol–water partition coefficient (Wildman–Crippen LogP) is 8.51. The van der Waals surface area contributed by atoms with Crippen LogP contribution in [0.15, 0.2) is 109 Å². The lowest BCUT2D eigenvalue weighted by molar-refractivity contribution is 0.0999. The second-order valence-corrected chi connectivity index (χ2v) is 11.1. The Kier molecular flexibility index (Phi) is 7.94. The van der Waals surface area contributed by atoms with E-state index in [2.05, 4.69) is 109 Å². The molecule has 210 valence electrons. The van der Waals surface area contributed by atoms with Crippen molar-refractivity contribution in [3.8, 4) is 22.3 Å². The SMILES string of the molecule is c1cc2cc(c1)COCc1cccc3c1-c1cccc(c1)-c1c(cccc1COCc1cccc(c1)COC3)COC2. The summed E-state index contributed by atoms with van der Waals surface area (Å²) in [4.78, 5) is 0. The minimum atomic E-state index is 0.506. The van der Waals surface area contributed by atoms with Gasteiger partial charge in [0.1, 0.15) is 0 Å². The maximum absolute atomic E-state index is 6.32. The molecule has 2 aliphatic heterocycles. The maximum Gasteiger partial charge on any atom is 0.0727 e. The molecule has 2 aliphatic rings. The molecule has 0 saturated carbocycles. The summed E-state index contributed by atoms with van der Waals surface area (Å²) >= 11 is 0. The lowest BCUT2D eigenvalue weighted by atomic mass is 9.89. The maximum atomic E-state index is 6.32. The highest BCUT2D eigenvalue weighted by molar-refractivity contribution is 5.79. The van der Waals surface area contributed by atoms with Gasteiger partial charge in [0, 0.05) is 0 Å². The largest absolute Gasteiger partial charge is 0.372 e. The van der Waals surface area contributed by atoms with Gasteiger partial charge < -0.3 is 18.9 Å². The Morgan fingerprint density at radius 2 is 0.619 bits per heavy atom. The molecule has 0 spiro atoms. The van der Waals surface area contributed by atoms with Gasteiger partial charge in [-0.25, -0.2) is 0 Å². The molecule has 4 heteroatoms. The van der Waals surface area contributed by atoms with Crippen LogP contribution in [0.3, 0.4) is 0 Å². The van der Waals surface area contributed by atoms with Crippen LogP contribution in [0.1, 0.15) is 44.5 Å². The molecule has 7 rings (SSSR count). The Hall–Kier alpha value is -4.06. The number of rotatable bonds is 0. The molecule has 0 aliphatic carbocycles. The zero-order valence-electron chi connectivity index (χ0n) is 23.7. The van der Waals surface area contributed by atoms with Gasteiger partial charge in [0.15, 0.2) is 0 Å². The first kappa shape index (κ1) is 26.8. The number of fused-ring (bicyclic) bond motifs is 4. The quantitative estimate of drug-likeness (QED) is 0.192. The van der Waals surface area contributed by atoms with Crippen molar-refractivity contribution in [1.82, 2.24) is 0 Å². The summed E-state index contributed by atoms with van der Waals surface area (Å²) in [6.45, 7) is 4.18. The highest BCUT2D eigenvalue weighted by Crippen LogP contribution is 2.36. The zero-order chi connectivity index (χ0) is 28.1. The summed E-state index contributed by atoms with van der Waals surface area (Å²) in [7, 11) is 0. The Labute approximate surface area is 247 Å². The fourth-order valence-corrected chi connectivity index (χ4v) is 6.09. The van der Waals surface area contributed by atoms with E-state index in [1.165, 1.54) is 11.1 Å². The van der Waals surface area contributed by atoms with Crippen LogP contribution in [0.4, 0.5) is 0 Å². The van der Waals surface area contributed by atoms with Crippen molar-refractivity contribution in [3.05, 3.63) is 154 Å². The van der Waals surface area contributed by atoms with Crippen LogP contribution >= 0.6 is 0 Å². The summed E-state index contributed by atoms with van der Waals surface area (Å²) in [5.41, 5.74) is 13.8. The topological polar surface area (TPSA) is 36.9 Å². The Bertz CT molecular complexity index is 1500. The molecule has 0 radical (unpaired) electrons. The third kappa shape index (κ3) is 5.94. The van der Waals surface area contributed by atoms with Crippen molar-refractivity contribution >= 4 is 0 Å². The van der Waals surface area contributed by atoms with Gasteiger partial charge in [0.05, 0.1) is 52.9 Å². The predicted molar refractivity (Wildman–Crippen MR) is 164 cm³/mol. The Morgan fingerprint density at radius 1 is 0.310 bits per heavy atom. The van der Waals surface area contributed by atoms with Crippen molar-refractivity contribution in [2.24, 2.45) is 0 Å². The fourth-order valence-electron chi connectivity index (χ4n) is 6.09. The second kappa shape index (κ2) is 12.4. The van der Waals surface area contributed by atoms with E-state index in [1.807, 2.05) is 0 Å². The zero-order valence-corrected chi connectivity index (χ0v) is 23.7. The highest BCUT2D eigenvalue weighted by atomic mass is 16.5. The number of hydrogen-bond donors (Lipinski definition) is 0. The van der Waals surface area contributed by atoms with Gasteiger partial charge in [0.25, 0.3) is 0 Å². The molecule has 42 heavy (non-hydrogen) atoms. The van der Waals surface area contributed by atoms with Crippen molar-refractivity contribution < 1.29 is 18.9 Å². The average Bonchev–Trinajstić information content (AvgIpc) is 3.01. The smallest absolute Gasteiger partial charge is 0.0727 e. The van der Waals surface area contributed by atoms with Crippen LogP contribution in [-0.2, 0) is 71.8 Å². The number of ether oxygens (including phenoxy) is 4. The minimum Gasteiger partial charge on any atom is -0.372 e. The van der Waals surface area contributed by atoms with Crippen LogP contribution in [0.5, 0.6) is 0 Å². The molecule has 5 aromatic carbocycles. The third-order valence-electron chi connectivity index (χ3n) is 8.00. The van der Waals surface area contributed by atoms with Crippen LogP contribution < -0.4 is 0 Å². The first-order chi connectivity index (χ1) is 20.8. The molecule has 0 saturated heterocycles. The molecule has 2 heterocycles. The second-order valence-electron chi connectivity index (χ2n) is 11.1. The van der Waals surface area contributed by atoms with Crippen LogP contribution in [0.2, 0.25) is 0 Å². The number of hydrogen-bond acceptors (Lipinski definition) is 4. The Morgan fingerprint density at radius 3 is 0.976 bits per heavy atom. The van der Waals surface area contributed by atoms with Crippen LogP contribution in [0.25, 0.3) is 22.3 Å². The van der Waals surface area contributed by atoms with Crippen molar-refractivity contribution in [2.75, 3.05) is 0 Å². The van der Waals surface area contributed by atoms with Gasteiger partial charge in [-0.05, 0) is 72.8 Å². The van der Waals surface area contributed by atoms with Crippen molar-refractivity contribution in [1.29, 1.82) is 0 Å². The molecule has 4 nitrogen and oxygen atoms in total. The highest BCUT2D eigenvalue weighted by Gasteiger charge is 2.17. The standard InChI is InChI=1S/C38H34O4/c1-6-27-16-28(7-1)20-40-24-34-13-5-15-36-26-42-22-30-9-2-8-29(17-30)21-41-25-35-14-4-12-33(23-39-19-27)37(35)31-10-3-11-32(18-31)38(34)36/h1-18H,19-26H2. The van der Waals surface area contributed by atoms with Crippen LogP contribution in [0, 0.1) is 0 Å². The normalized spacial score (nSPS) is 15.4. The molecule has 0 atom stereocenters. The van der Waals surface area contributed by atoms with E-state index < -0.39 is 0 Å². The van der Waals surface area contributed by atoms with Crippen LogP contribution in [-0.4, -0.2) is 0 Å². The van der Waals surface area contributed by atoms with E-state index in [0.29, 0.717) is 52.9 Å². The van der Waals surface area contributed by atoms with Gasteiger partial charge in [-0.3, -0.25) is 0 Å². The molecule has 0 amide bonds. The van der Waals surface area contributed by atoms with E-state index >= 15 is 0 Å². The molecule has 5 aromatic rings. The van der Waals surface area contributed by atoms with Gasteiger partial charge in [-0.2, -0.15) is 0 Å². The monoisotopic (exact) mass is 554 g/mol. The first-order valence-corrected chi connectivity index (χ1v) is 14.6. The fraction of sp³-hybridized carbons (Fsp3) is 0.211. The summed E-state index contributed by atoms with van der Waals surface area (Å²) in [5.74, 6) is 0. The van der Waals surface area contributed by atoms with Gasteiger partial charge in [0.2, 0.25) is 0 Å². The summed E-state index contributed by atoms with van der Waals surface area (Å²) in [6, 6.07) is 38.7. The molecule has 0 aromatic heterocycles. The Balaban J connectivity index is 1.40. The van der Waals surface area contributed by atoms with Crippen molar-refractivity contribution in [3.63, 3.8) is 0 Å². The lowest BCUT2D eigenvalue weighted by Gasteiger charge is -2.20. The van der Waals surface area contributed by atoms with E-state index in [0.717, 1.165) is 55.6 Å². The molecule has 0 fully saturated rings. The van der Waals surface area contributed by atoms with Gasteiger partial charge >= 0.3 is 0 Å². The summed E-state index contributed by atoms with van der Waals surface area (Å²) in [6.07, 6.45) is 0. The first-order valence-electron chi connectivity index (χ1n) is 14.6. The molecule has 8 bridgehead atoms. The van der Waals surface area contributed by atoms with E-state index in [1.54, 1.807) is 0 Å². The van der Waals surface area contributed by atoms with E-state index in [-0.39, 0.29) is 0 Å². The summed E-state index contributed by atoms with van der Waals surface area (Å²) in [5, 5.41) is 0. The summed E-state index contributed by atoms with van der Waals surface area (Å²) < 4.78 is 25.3. The number of benzene rings is 5. The molecular weight excluding hydrogens is 520 g/mol. The minimum absolute atomic E-state index is 0.506. The van der Waals surface area contributed by atoms with Crippen molar-refractivity contribution in [2.45, 2.75) is 52.9 Å². The molecule has 0 unspecified atom stereocenters.